The number of para-hydroxylation sites is 2. The summed E-state index contributed by atoms with van der Waals surface area (Å²) in [6.07, 6.45) is 0. The molecule has 6 aromatic carbocycles. The first-order valence-electron chi connectivity index (χ1n) is 14.3. The standard InChI is InChI=1S/C38H19NO6/c40-35-26-17-18-27-33-32(26)29(37(42)44-35)19-28(34(33)38(43)45-36(27)41)22-11-9-20(10-12-22)21-13-15-23(16-14-21)39-30-7-3-1-5-24(30)25-6-2-4-8-31(25)39/h1-19H. The van der Waals surface area contributed by atoms with Crippen LogP contribution in [-0.2, 0) is 9.47 Å². The molecule has 9 rings (SSSR count). The maximum atomic E-state index is 13.1. The fourth-order valence-electron chi connectivity index (χ4n) is 6.74. The van der Waals surface area contributed by atoms with Gasteiger partial charge in [0, 0.05) is 27.2 Å². The number of carbonyl (C=O) groups is 4. The largest absolute Gasteiger partial charge is 0.386 e. The van der Waals surface area contributed by atoms with Crippen LogP contribution in [0.4, 0.5) is 0 Å². The van der Waals surface area contributed by atoms with Gasteiger partial charge in [-0.3, -0.25) is 0 Å². The average molecular weight is 586 g/mol. The van der Waals surface area contributed by atoms with E-state index >= 15 is 0 Å². The molecule has 0 N–H and O–H groups in total. The summed E-state index contributed by atoms with van der Waals surface area (Å²) in [7, 11) is 0. The van der Waals surface area contributed by atoms with Crippen LogP contribution in [0.1, 0.15) is 41.4 Å². The van der Waals surface area contributed by atoms with Crippen LogP contribution in [0.3, 0.4) is 0 Å². The van der Waals surface area contributed by atoms with Crippen molar-refractivity contribution in [3.63, 3.8) is 0 Å². The van der Waals surface area contributed by atoms with Crippen molar-refractivity contribution in [2.45, 2.75) is 0 Å². The van der Waals surface area contributed by atoms with Crippen molar-refractivity contribution >= 4 is 56.5 Å². The summed E-state index contributed by atoms with van der Waals surface area (Å²) < 4.78 is 12.3. The monoisotopic (exact) mass is 585 g/mol. The van der Waals surface area contributed by atoms with E-state index in [0.29, 0.717) is 11.1 Å². The molecule has 0 atom stereocenters. The third-order valence-corrected chi connectivity index (χ3v) is 8.75. The van der Waals surface area contributed by atoms with Gasteiger partial charge in [-0.1, -0.05) is 72.8 Å². The summed E-state index contributed by atoms with van der Waals surface area (Å²) in [6, 6.07) is 37.0. The zero-order valence-electron chi connectivity index (χ0n) is 23.4. The Bertz CT molecular complexity index is 2430. The van der Waals surface area contributed by atoms with Crippen molar-refractivity contribution < 1.29 is 28.7 Å². The van der Waals surface area contributed by atoms with Crippen LogP contribution in [0.15, 0.2) is 115 Å². The van der Waals surface area contributed by atoms with Crippen molar-refractivity contribution in [3.05, 3.63) is 138 Å². The maximum Gasteiger partial charge on any atom is 0.347 e. The topological polar surface area (TPSA) is 91.7 Å². The molecular formula is C38H19NO6. The average Bonchev–Trinajstić information content (AvgIpc) is 3.40. The second-order valence-corrected chi connectivity index (χ2v) is 11.1. The number of benzene rings is 6. The van der Waals surface area contributed by atoms with Gasteiger partial charge in [0.1, 0.15) is 0 Å². The summed E-state index contributed by atoms with van der Waals surface area (Å²) >= 11 is 0. The first-order chi connectivity index (χ1) is 22.0. The van der Waals surface area contributed by atoms with Gasteiger partial charge >= 0.3 is 23.9 Å². The third-order valence-electron chi connectivity index (χ3n) is 8.75. The van der Waals surface area contributed by atoms with Gasteiger partial charge < -0.3 is 14.0 Å². The Hall–Kier alpha value is -6.34. The van der Waals surface area contributed by atoms with Gasteiger partial charge in [-0.05, 0) is 64.7 Å². The number of carbonyl (C=O) groups excluding carboxylic acids is 4. The first kappa shape index (κ1) is 25.2. The van der Waals surface area contributed by atoms with E-state index in [9.17, 15) is 19.2 Å². The molecule has 0 bridgehead atoms. The molecule has 0 unspecified atom stereocenters. The molecule has 45 heavy (non-hydrogen) atoms. The molecular weight excluding hydrogens is 566 g/mol. The number of ether oxygens (including phenoxy) is 2. The zero-order valence-corrected chi connectivity index (χ0v) is 23.4. The lowest BCUT2D eigenvalue weighted by Gasteiger charge is -2.24. The van der Waals surface area contributed by atoms with Gasteiger partial charge in [0.15, 0.2) is 0 Å². The summed E-state index contributed by atoms with van der Waals surface area (Å²) in [4.78, 5) is 51.0. The number of esters is 4. The number of rotatable bonds is 3. The summed E-state index contributed by atoms with van der Waals surface area (Å²) in [5.41, 5.74) is 6.82. The van der Waals surface area contributed by atoms with E-state index in [1.165, 1.54) is 29.0 Å². The number of fused-ring (bicyclic) bond motifs is 3. The lowest BCUT2D eigenvalue weighted by Crippen LogP contribution is -2.26. The second kappa shape index (κ2) is 9.08. The van der Waals surface area contributed by atoms with Crippen LogP contribution in [0.2, 0.25) is 0 Å². The highest BCUT2D eigenvalue weighted by Gasteiger charge is 2.37. The molecule has 1 aromatic heterocycles. The Morgan fingerprint density at radius 1 is 0.422 bits per heavy atom. The van der Waals surface area contributed by atoms with E-state index in [1.54, 1.807) is 0 Å². The van der Waals surface area contributed by atoms with E-state index < -0.39 is 23.9 Å². The van der Waals surface area contributed by atoms with Crippen molar-refractivity contribution in [2.75, 3.05) is 0 Å². The molecule has 0 amide bonds. The van der Waals surface area contributed by atoms with Crippen LogP contribution in [0, 0.1) is 0 Å². The molecule has 0 radical (unpaired) electrons. The van der Waals surface area contributed by atoms with Gasteiger partial charge in [-0.25, -0.2) is 19.2 Å². The van der Waals surface area contributed by atoms with Gasteiger partial charge in [-0.15, -0.1) is 0 Å². The minimum absolute atomic E-state index is 0.118. The summed E-state index contributed by atoms with van der Waals surface area (Å²) in [5.74, 6) is -3.31. The normalized spacial score (nSPS) is 13.9. The highest BCUT2D eigenvalue weighted by atomic mass is 16.6. The molecule has 0 spiro atoms. The van der Waals surface area contributed by atoms with Crippen molar-refractivity contribution in [3.8, 4) is 27.9 Å². The van der Waals surface area contributed by atoms with Gasteiger partial charge in [0.25, 0.3) is 0 Å². The smallest absolute Gasteiger partial charge is 0.347 e. The third kappa shape index (κ3) is 3.52. The number of hydrogen-bond acceptors (Lipinski definition) is 6. The van der Waals surface area contributed by atoms with Crippen molar-refractivity contribution in [1.29, 1.82) is 0 Å². The van der Waals surface area contributed by atoms with E-state index in [-0.39, 0.29) is 33.0 Å². The Kier molecular flexibility index (Phi) is 5.08. The summed E-state index contributed by atoms with van der Waals surface area (Å²) in [5, 5.41) is 2.87. The van der Waals surface area contributed by atoms with Gasteiger partial charge in [-0.2, -0.15) is 0 Å². The first-order valence-corrected chi connectivity index (χ1v) is 14.3. The highest BCUT2D eigenvalue weighted by molar-refractivity contribution is 6.31. The molecule has 0 fully saturated rings. The Balaban J connectivity index is 1.14. The molecule has 7 nitrogen and oxygen atoms in total. The molecule has 2 aliphatic heterocycles. The van der Waals surface area contributed by atoms with Crippen LogP contribution in [0.5, 0.6) is 0 Å². The quantitative estimate of drug-likeness (QED) is 0.155. The Labute approximate surface area is 254 Å². The molecule has 0 saturated carbocycles. The fraction of sp³-hybridized carbons (Fsp3) is 0. The molecule has 0 aliphatic carbocycles. The molecule has 2 aliphatic rings. The molecule has 0 saturated heterocycles. The fourth-order valence-corrected chi connectivity index (χ4v) is 6.74. The van der Waals surface area contributed by atoms with Crippen LogP contribution < -0.4 is 0 Å². The van der Waals surface area contributed by atoms with Crippen LogP contribution >= 0.6 is 0 Å². The molecule has 7 aromatic rings. The SMILES string of the molecule is O=C1OC(=O)c2cc(-c3ccc(-c4ccc(-n5c6ccccc6c6ccccc65)cc4)cc3)c3c4c(ccc1c24)C(=O)OC3=O. The van der Waals surface area contributed by atoms with Gasteiger partial charge in [0.2, 0.25) is 0 Å². The van der Waals surface area contributed by atoms with Crippen molar-refractivity contribution in [2.24, 2.45) is 0 Å². The van der Waals surface area contributed by atoms with E-state index in [1.807, 2.05) is 36.4 Å². The minimum Gasteiger partial charge on any atom is -0.386 e. The van der Waals surface area contributed by atoms with E-state index in [4.69, 9.17) is 9.47 Å². The number of hydrogen-bond donors (Lipinski definition) is 0. The predicted octanol–water partition coefficient (Wildman–Crippen LogP) is 7.89. The maximum absolute atomic E-state index is 13.1. The number of cyclic esters (lactones) is 4. The second-order valence-electron chi connectivity index (χ2n) is 11.1. The Morgan fingerprint density at radius 2 is 0.911 bits per heavy atom. The van der Waals surface area contributed by atoms with Crippen LogP contribution in [0.25, 0.3) is 60.5 Å². The Morgan fingerprint density at radius 3 is 1.53 bits per heavy atom. The van der Waals surface area contributed by atoms with Gasteiger partial charge in [0.05, 0.1) is 33.3 Å². The van der Waals surface area contributed by atoms with Crippen molar-refractivity contribution in [1.82, 2.24) is 4.57 Å². The van der Waals surface area contributed by atoms with E-state index in [0.717, 1.165) is 27.8 Å². The number of nitrogens with zero attached hydrogens (tertiary/aromatic N) is 1. The highest BCUT2D eigenvalue weighted by Crippen LogP contribution is 2.42. The van der Waals surface area contributed by atoms with Crippen LogP contribution in [-0.4, -0.2) is 28.4 Å². The lowest BCUT2D eigenvalue weighted by atomic mass is 9.84. The number of aromatic nitrogens is 1. The molecule has 7 heteroatoms. The zero-order chi connectivity index (χ0) is 30.4. The molecule has 212 valence electrons. The molecule has 3 heterocycles. The lowest BCUT2D eigenvalue weighted by molar-refractivity contribution is 0.0366. The van der Waals surface area contributed by atoms with E-state index in [2.05, 4.69) is 65.2 Å². The predicted molar refractivity (Wildman–Crippen MR) is 169 cm³/mol. The summed E-state index contributed by atoms with van der Waals surface area (Å²) in [6.45, 7) is 0. The minimum atomic E-state index is -0.831.